The molecule has 1 amide bonds. The number of benzene rings is 2. The van der Waals surface area contributed by atoms with Crippen LogP contribution in [0.25, 0.3) is 27.2 Å². The number of hydrogen-bond donors (Lipinski definition) is 2. The van der Waals surface area contributed by atoms with E-state index in [-0.39, 0.29) is 11.7 Å². The van der Waals surface area contributed by atoms with Gasteiger partial charge in [-0.3, -0.25) is 14.6 Å². The maximum atomic E-state index is 13.2. The van der Waals surface area contributed by atoms with Crippen LogP contribution in [0.1, 0.15) is 9.67 Å². The molecule has 3 aromatic heterocycles. The normalized spacial score (nSPS) is 11.0. The van der Waals surface area contributed by atoms with E-state index in [0.29, 0.717) is 26.5 Å². The van der Waals surface area contributed by atoms with Gasteiger partial charge in [0.1, 0.15) is 15.5 Å². The highest BCUT2D eigenvalue weighted by molar-refractivity contribution is 7.21. The van der Waals surface area contributed by atoms with Gasteiger partial charge in [-0.2, -0.15) is 0 Å². The largest absolute Gasteiger partial charge is 0.397 e. The van der Waals surface area contributed by atoms with E-state index in [2.05, 4.69) is 15.6 Å². The van der Waals surface area contributed by atoms with Crippen molar-refractivity contribution in [1.82, 2.24) is 10.3 Å². The van der Waals surface area contributed by atoms with Crippen molar-refractivity contribution in [3.05, 3.63) is 83.6 Å². The summed E-state index contributed by atoms with van der Waals surface area (Å²) in [5.41, 5.74) is 8.78. The van der Waals surface area contributed by atoms with Gasteiger partial charge in [-0.1, -0.05) is 18.2 Å². The number of nitrogen functional groups attached to an aromatic ring is 1. The molecule has 0 bridgehead atoms. The Balaban J connectivity index is 1.42. The predicted octanol–water partition coefficient (Wildman–Crippen LogP) is 4.20. The van der Waals surface area contributed by atoms with E-state index < -0.39 is 5.91 Å². The lowest BCUT2D eigenvalue weighted by Gasteiger charge is -2.01. The number of hydrogen-bond acceptors (Lipinski definition) is 6. The average molecular weight is 432 g/mol. The zero-order chi connectivity index (χ0) is 21.4. The molecule has 3 N–H and O–H groups in total. The summed E-state index contributed by atoms with van der Waals surface area (Å²) >= 11 is 1.18. The molecule has 3 heterocycles. The van der Waals surface area contributed by atoms with Crippen molar-refractivity contribution in [2.24, 2.45) is 0 Å². The van der Waals surface area contributed by atoms with E-state index in [9.17, 15) is 9.18 Å². The second-order valence-electron chi connectivity index (χ2n) is 6.70. The Morgan fingerprint density at radius 2 is 1.84 bits per heavy atom. The summed E-state index contributed by atoms with van der Waals surface area (Å²) in [6.45, 7) is 0. The molecule has 31 heavy (non-hydrogen) atoms. The van der Waals surface area contributed by atoms with Crippen molar-refractivity contribution in [3.63, 3.8) is 0 Å². The Hall–Kier alpha value is -4.11. The van der Waals surface area contributed by atoms with Crippen LogP contribution < -0.4 is 15.7 Å². The third-order valence-corrected chi connectivity index (χ3v) is 5.78. The minimum atomic E-state index is -0.416. The smallest absolute Gasteiger partial charge is 0.303 e. The predicted molar refractivity (Wildman–Crippen MR) is 115 cm³/mol. The van der Waals surface area contributed by atoms with Crippen molar-refractivity contribution in [1.29, 1.82) is 0 Å². The first-order chi connectivity index (χ1) is 15.1. The van der Waals surface area contributed by atoms with Gasteiger partial charge in [-0.25, -0.2) is 9.37 Å². The van der Waals surface area contributed by atoms with Crippen molar-refractivity contribution >= 4 is 39.0 Å². The lowest BCUT2D eigenvalue weighted by molar-refractivity contribution is -0.670. The van der Waals surface area contributed by atoms with Crippen molar-refractivity contribution < 1.29 is 18.4 Å². The molecule has 0 atom stereocenters. The second-order valence-corrected chi connectivity index (χ2v) is 7.70. The molecule has 0 aliphatic heterocycles. The lowest BCUT2D eigenvalue weighted by Crippen LogP contribution is -2.31. The highest BCUT2D eigenvalue weighted by Crippen LogP contribution is 2.34. The summed E-state index contributed by atoms with van der Waals surface area (Å²) in [7, 11) is 0. The molecule has 0 unspecified atom stereocenters. The molecule has 152 valence electrons. The van der Waals surface area contributed by atoms with Gasteiger partial charge in [0.15, 0.2) is 0 Å². The molecule has 0 saturated carbocycles. The van der Waals surface area contributed by atoms with E-state index in [1.54, 1.807) is 30.5 Å². The Morgan fingerprint density at radius 3 is 2.61 bits per heavy atom. The number of amides is 1. The SMILES string of the molecule is Nc1c(C(=O)Nc2c[n+](-c3ccccc3)no2)sc2nc(-c3ccc(F)cc3)ccc12. The van der Waals surface area contributed by atoms with Crippen LogP contribution in [0.3, 0.4) is 0 Å². The maximum Gasteiger partial charge on any atom is 0.303 e. The molecule has 5 aromatic rings. The van der Waals surface area contributed by atoms with Crippen molar-refractivity contribution in [2.75, 3.05) is 11.1 Å². The van der Waals surface area contributed by atoms with E-state index >= 15 is 0 Å². The molecule has 0 aliphatic rings. The number of carbonyl (C=O) groups is 1. The molecule has 0 radical (unpaired) electrons. The second kappa shape index (κ2) is 7.62. The number of halogens is 1. The van der Waals surface area contributed by atoms with Gasteiger partial charge < -0.3 is 5.73 Å². The van der Waals surface area contributed by atoms with Crippen LogP contribution >= 0.6 is 11.3 Å². The Kier molecular flexibility index (Phi) is 4.64. The standard InChI is InChI=1S/C22H14FN5O2S/c23-14-8-6-13(7-9-14)17-11-10-16-19(24)20(31-22(16)25-17)21(29)26-18-12-28(27-30-18)15-4-2-1-3-5-15/h1-12H,(H2-,24,26,27,29)/p+1. The first-order valence-corrected chi connectivity index (χ1v) is 10.1. The van der Waals surface area contributed by atoms with Gasteiger partial charge in [0, 0.05) is 23.1 Å². The van der Waals surface area contributed by atoms with Crippen LogP contribution in [0.15, 0.2) is 77.4 Å². The van der Waals surface area contributed by atoms with E-state index in [1.807, 2.05) is 30.3 Å². The number of carbonyl (C=O) groups excluding carboxylic acids is 1. The van der Waals surface area contributed by atoms with Crippen molar-refractivity contribution in [3.8, 4) is 16.9 Å². The van der Waals surface area contributed by atoms with Gasteiger partial charge in [0.25, 0.3) is 12.1 Å². The third kappa shape index (κ3) is 3.62. The molecule has 0 spiro atoms. The fourth-order valence-corrected chi connectivity index (χ4v) is 4.11. The summed E-state index contributed by atoms with van der Waals surface area (Å²) in [6.07, 6.45) is 1.57. The molecule has 0 fully saturated rings. The van der Waals surface area contributed by atoms with E-state index in [0.717, 1.165) is 11.3 Å². The Labute approximate surface area is 179 Å². The van der Waals surface area contributed by atoms with Gasteiger partial charge in [0.05, 0.1) is 11.4 Å². The minimum absolute atomic E-state index is 0.186. The molecule has 0 aliphatic carbocycles. The third-order valence-electron chi connectivity index (χ3n) is 4.66. The zero-order valence-electron chi connectivity index (χ0n) is 15.9. The van der Waals surface area contributed by atoms with Crippen LogP contribution in [0, 0.1) is 5.82 Å². The number of thiophene rings is 1. The number of para-hydroxylation sites is 1. The number of anilines is 2. The number of nitrogens with one attached hydrogen (secondary N) is 1. The van der Waals surface area contributed by atoms with Crippen LogP contribution in [0.4, 0.5) is 16.0 Å². The van der Waals surface area contributed by atoms with Crippen molar-refractivity contribution in [2.45, 2.75) is 0 Å². The number of pyridine rings is 1. The summed E-state index contributed by atoms with van der Waals surface area (Å²) in [5.74, 6) is -0.545. The van der Waals surface area contributed by atoms with Gasteiger partial charge >= 0.3 is 5.88 Å². The lowest BCUT2D eigenvalue weighted by atomic mass is 10.1. The fourth-order valence-electron chi connectivity index (χ4n) is 3.12. The number of nitrogens with zero attached hydrogens (tertiary/aromatic N) is 3. The summed E-state index contributed by atoms with van der Waals surface area (Å²) in [5, 5.41) is 7.26. The highest BCUT2D eigenvalue weighted by Gasteiger charge is 2.22. The minimum Gasteiger partial charge on any atom is -0.397 e. The number of fused-ring (bicyclic) bond motifs is 1. The van der Waals surface area contributed by atoms with E-state index in [1.165, 1.54) is 28.2 Å². The number of nitrogens with two attached hydrogens (primary N) is 1. The van der Waals surface area contributed by atoms with Gasteiger partial charge in [-0.05, 0) is 41.1 Å². The summed E-state index contributed by atoms with van der Waals surface area (Å²) < 4.78 is 19.9. The highest BCUT2D eigenvalue weighted by atomic mass is 32.1. The van der Waals surface area contributed by atoms with Gasteiger partial charge in [-0.15, -0.1) is 11.3 Å². The fraction of sp³-hybridized carbons (Fsp3) is 0. The Bertz CT molecular complexity index is 1400. The summed E-state index contributed by atoms with van der Waals surface area (Å²) in [6, 6.07) is 19.0. The molecular weight excluding hydrogens is 417 g/mol. The first kappa shape index (κ1) is 18.9. The first-order valence-electron chi connectivity index (χ1n) is 9.29. The average Bonchev–Trinajstić information content (AvgIpc) is 3.39. The molecule has 7 nitrogen and oxygen atoms in total. The monoisotopic (exact) mass is 432 g/mol. The van der Waals surface area contributed by atoms with Crippen LogP contribution in [-0.4, -0.2) is 16.2 Å². The summed E-state index contributed by atoms with van der Waals surface area (Å²) in [4.78, 5) is 18.3. The zero-order valence-corrected chi connectivity index (χ0v) is 16.8. The Morgan fingerprint density at radius 1 is 1.06 bits per heavy atom. The molecule has 0 saturated heterocycles. The molecule has 9 heteroatoms. The quantitative estimate of drug-likeness (QED) is 0.415. The van der Waals surface area contributed by atoms with Crippen LogP contribution in [0.2, 0.25) is 0 Å². The van der Waals surface area contributed by atoms with Crippen LogP contribution in [0.5, 0.6) is 0 Å². The number of rotatable bonds is 4. The van der Waals surface area contributed by atoms with Crippen LogP contribution in [-0.2, 0) is 0 Å². The molecule has 5 rings (SSSR count). The van der Waals surface area contributed by atoms with E-state index in [4.69, 9.17) is 10.3 Å². The molecule has 2 aromatic carbocycles. The van der Waals surface area contributed by atoms with Gasteiger partial charge in [0.2, 0.25) is 11.0 Å². The maximum absolute atomic E-state index is 13.2. The topological polar surface area (TPSA) is 97.9 Å². The molecular formula is C22H15FN5O2S+. The number of aromatic nitrogens is 3.